The third-order valence-electron chi connectivity index (χ3n) is 5.56. The predicted octanol–water partition coefficient (Wildman–Crippen LogP) is 2.26. The molecule has 32 heavy (non-hydrogen) atoms. The van der Waals surface area contributed by atoms with Crippen LogP contribution in [0, 0.1) is 18.3 Å². The zero-order chi connectivity index (χ0) is 23.0. The lowest BCUT2D eigenvalue weighted by atomic mass is 10.0. The van der Waals surface area contributed by atoms with E-state index in [2.05, 4.69) is 11.4 Å². The number of amides is 4. The van der Waals surface area contributed by atoms with E-state index < -0.39 is 18.0 Å². The molecule has 2 aromatic rings. The molecule has 4 rings (SSSR count). The Morgan fingerprint density at radius 2 is 2.00 bits per heavy atom. The first kappa shape index (κ1) is 21.1. The van der Waals surface area contributed by atoms with Crippen LogP contribution in [0.3, 0.4) is 0 Å². The monoisotopic (exact) mass is 432 g/mol. The highest BCUT2D eigenvalue weighted by atomic mass is 16.6. The number of hydrogen-bond acceptors (Lipinski definition) is 6. The SMILES string of the molecule is Cc1cc(C#N)cc(N(C)C(=O)Oc2ccc3c(c2)C(=O)N(C2CCC(=O)NC2=O)C3)c1. The molecule has 2 aliphatic rings. The van der Waals surface area contributed by atoms with E-state index in [9.17, 15) is 19.2 Å². The number of rotatable bonds is 3. The second kappa shape index (κ2) is 8.15. The summed E-state index contributed by atoms with van der Waals surface area (Å²) in [5, 5.41) is 11.4. The maximum absolute atomic E-state index is 12.9. The molecular weight excluding hydrogens is 412 g/mol. The number of imide groups is 1. The molecule has 4 amide bonds. The van der Waals surface area contributed by atoms with Crippen LogP contribution in [0.1, 0.15) is 39.9 Å². The van der Waals surface area contributed by atoms with Gasteiger partial charge in [-0.25, -0.2) is 4.79 Å². The summed E-state index contributed by atoms with van der Waals surface area (Å²) in [7, 11) is 1.53. The fraction of sp³-hybridized carbons (Fsp3) is 0.261. The molecule has 9 heteroatoms. The Kier molecular flexibility index (Phi) is 5.36. The zero-order valence-electron chi connectivity index (χ0n) is 17.5. The van der Waals surface area contributed by atoms with E-state index in [-0.39, 0.29) is 37.0 Å². The Labute approximate surface area is 184 Å². The second-order valence-electron chi connectivity index (χ2n) is 7.81. The topological polar surface area (TPSA) is 120 Å². The number of hydrogen-bond donors (Lipinski definition) is 1. The van der Waals surface area contributed by atoms with Crippen LogP contribution in [0.5, 0.6) is 5.75 Å². The van der Waals surface area contributed by atoms with Gasteiger partial charge in [-0.1, -0.05) is 6.07 Å². The summed E-state index contributed by atoms with van der Waals surface area (Å²) in [4.78, 5) is 51.8. The highest BCUT2D eigenvalue weighted by Gasteiger charge is 2.39. The van der Waals surface area contributed by atoms with Gasteiger partial charge in [-0.15, -0.1) is 0 Å². The van der Waals surface area contributed by atoms with Gasteiger partial charge < -0.3 is 9.64 Å². The van der Waals surface area contributed by atoms with E-state index in [0.29, 0.717) is 22.4 Å². The standard InChI is InChI=1S/C23H20N4O5/c1-13-7-14(11-24)9-16(8-13)26(2)23(31)32-17-4-3-15-12-27(22(30)18(15)10-17)19-5-6-20(28)25-21(19)29/h3-4,7-10,19H,5-6,12H2,1-2H3,(H,25,28,29). The summed E-state index contributed by atoms with van der Waals surface area (Å²) in [6.45, 7) is 2.07. The van der Waals surface area contributed by atoms with Crippen LogP contribution in [0.4, 0.5) is 10.5 Å². The molecule has 0 bridgehead atoms. The van der Waals surface area contributed by atoms with Gasteiger partial charge in [-0.2, -0.15) is 5.26 Å². The molecule has 2 aliphatic heterocycles. The average Bonchev–Trinajstić information content (AvgIpc) is 3.08. The van der Waals surface area contributed by atoms with Gasteiger partial charge in [0.05, 0.1) is 11.6 Å². The molecule has 2 aromatic carbocycles. The van der Waals surface area contributed by atoms with Gasteiger partial charge in [-0.3, -0.25) is 24.6 Å². The second-order valence-corrected chi connectivity index (χ2v) is 7.81. The number of anilines is 1. The number of nitrogens with one attached hydrogen (secondary N) is 1. The number of carbonyl (C=O) groups excluding carboxylic acids is 4. The number of piperidine rings is 1. The Hall–Kier alpha value is -4.19. The maximum atomic E-state index is 12.9. The van der Waals surface area contributed by atoms with E-state index in [1.807, 2.05) is 6.92 Å². The lowest BCUT2D eigenvalue weighted by Crippen LogP contribution is -2.52. The fourth-order valence-electron chi connectivity index (χ4n) is 3.89. The molecule has 2 heterocycles. The summed E-state index contributed by atoms with van der Waals surface area (Å²) in [6.07, 6.45) is -0.219. The van der Waals surface area contributed by atoms with Gasteiger partial charge in [0, 0.05) is 31.3 Å². The zero-order valence-corrected chi connectivity index (χ0v) is 17.5. The average molecular weight is 432 g/mol. The molecule has 1 saturated heterocycles. The fourth-order valence-corrected chi connectivity index (χ4v) is 3.89. The van der Waals surface area contributed by atoms with Crippen molar-refractivity contribution >= 4 is 29.5 Å². The van der Waals surface area contributed by atoms with Crippen LogP contribution in [0.15, 0.2) is 36.4 Å². The van der Waals surface area contributed by atoms with Crippen molar-refractivity contribution in [3.8, 4) is 11.8 Å². The van der Waals surface area contributed by atoms with E-state index in [4.69, 9.17) is 10.00 Å². The minimum atomic E-state index is -0.708. The molecule has 1 fully saturated rings. The quantitative estimate of drug-likeness (QED) is 0.743. The molecule has 0 aromatic heterocycles. The minimum Gasteiger partial charge on any atom is -0.410 e. The summed E-state index contributed by atoms with van der Waals surface area (Å²) in [6, 6.07) is 11.1. The number of carbonyl (C=O) groups is 4. The van der Waals surface area contributed by atoms with Gasteiger partial charge in [0.2, 0.25) is 11.8 Å². The summed E-state index contributed by atoms with van der Waals surface area (Å²) in [5.74, 6) is -0.986. The van der Waals surface area contributed by atoms with E-state index in [0.717, 1.165) is 5.56 Å². The van der Waals surface area contributed by atoms with Crippen LogP contribution in [0.25, 0.3) is 0 Å². The van der Waals surface area contributed by atoms with Crippen molar-refractivity contribution < 1.29 is 23.9 Å². The highest BCUT2D eigenvalue weighted by Crippen LogP contribution is 2.30. The number of aryl methyl sites for hydroxylation is 1. The number of ether oxygens (including phenoxy) is 1. The van der Waals surface area contributed by atoms with Crippen molar-refractivity contribution in [3.63, 3.8) is 0 Å². The van der Waals surface area contributed by atoms with Gasteiger partial charge in [0.15, 0.2) is 0 Å². The summed E-state index contributed by atoms with van der Waals surface area (Å²) >= 11 is 0. The van der Waals surface area contributed by atoms with Crippen molar-refractivity contribution in [1.82, 2.24) is 10.2 Å². The Bertz CT molecular complexity index is 1200. The van der Waals surface area contributed by atoms with Crippen LogP contribution < -0.4 is 15.0 Å². The normalized spacial score (nSPS) is 17.5. The minimum absolute atomic E-state index is 0.179. The molecule has 162 valence electrons. The first-order valence-electron chi connectivity index (χ1n) is 10.0. The number of nitrogens with zero attached hydrogens (tertiary/aromatic N) is 3. The third-order valence-corrected chi connectivity index (χ3v) is 5.56. The van der Waals surface area contributed by atoms with E-state index in [1.54, 1.807) is 30.3 Å². The summed E-state index contributed by atoms with van der Waals surface area (Å²) in [5.41, 5.74) is 2.83. The number of nitriles is 1. The largest absolute Gasteiger partial charge is 0.419 e. The van der Waals surface area contributed by atoms with Crippen molar-refractivity contribution in [2.75, 3.05) is 11.9 Å². The van der Waals surface area contributed by atoms with Crippen LogP contribution in [-0.2, 0) is 16.1 Å². The Morgan fingerprint density at radius 3 is 2.72 bits per heavy atom. The lowest BCUT2D eigenvalue weighted by molar-refractivity contribution is -0.136. The van der Waals surface area contributed by atoms with Gasteiger partial charge in [0.1, 0.15) is 11.8 Å². The molecule has 1 N–H and O–H groups in total. The number of fused-ring (bicyclic) bond motifs is 1. The van der Waals surface area contributed by atoms with Crippen molar-refractivity contribution in [3.05, 3.63) is 58.7 Å². The van der Waals surface area contributed by atoms with Gasteiger partial charge in [0.25, 0.3) is 5.91 Å². The Balaban J connectivity index is 1.50. The highest BCUT2D eigenvalue weighted by molar-refractivity contribution is 6.05. The number of benzene rings is 2. The molecular formula is C23H20N4O5. The predicted molar refractivity (Wildman–Crippen MR) is 113 cm³/mol. The van der Waals surface area contributed by atoms with E-state index in [1.165, 1.54) is 22.9 Å². The van der Waals surface area contributed by atoms with Crippen LogP contribution in [0.2, 0.25) is 0 Å². The Morgan fingerprint density at radius 1 is 1.22 bits per heavy atom. The van der Waals surface area contributed by atoms with Crippen molar-refractivity contribution in [2.24, 2.45) is 0 Å². The first-order valence-corrected chi connectivity index (χ1v) is 10.0. The summed E-state index contributed by atoms with van der Waals surface area (Å²) < 4.78 is 5.44. The molecule has 0 radical (unpaired) electrons. The van der Waals surface area contributed by atoms with Gasteiger partial charge in [-0.05, 0) is 54.8 Å². The molecule has 9 nitrogen and oxygen atoms in total. The first-order chi connectivity index (χ1) is 15.3. The van der Waals surface area contributed by atoms with Crippen molar-refractivity contribution in [2.45, 2.75) is 32.4 Å². The third kappa shape index (κ3) is 3.90. The molecule has 1 unspecified atom stereocenters. The van der Waals surface area contributed by atoms with Crippen LogP contribution in [-0.4, -0.2) is 41.8 Å². The smallest absolute Gasteiger partial charge is 0.410 e. The maximum Gasteiger partial charge on any atom is 0.419 e. The van der Waals surface area contributed by atoms with E-state index >= 15 is 0 Å². The van der Waals surface area contributed by atoms with Crippen LogP contribution >= 0.6 is 0 Å². The molecule has 0 aliphatic carbocycles. The lowest BCUT2D eigenvalue weighted by Gasteiger charge is -2.29. The molecule has 0 saturated carbocycles. The van der Waals surface area contributed by atoms with Gasteiger partial charge >= 0.3 is 6.09 Å². The molecule has 0 spiro atoms. The molecule has 1 atom stereocenters. The van der Waals surface area contributed by atoms with Crippen molar-refractivity contribution in [1.29, 1.82) is 5.26 Å².